The maximum absolute atomic E-state index is 11.7. The minimum atomic E-state index is -0.474. The lowest BCUT2D eigenvalue weighted by atomic mass is 10.1. The van der Waals surface area contributed by atoms with Gasteiger partial charge in [0.15, 0.2) is 12.0 Å². The number of ether oxygens (including phenoxy) is 1. The summed E-state index contributed by atoms with van der Waals surface area (Å²) in [6.45, 7) is 3.77. The topological polar surface area (TPSA) is 38.3 Å². The molecule has 2 atom stereocenters. The van der Waals surface area contributed by atoms with Crippen LogP contribution >= 0.6 is 43.5 Å². The molecule has 1 fully saturated rings. The molecule has 0 saturated carbocycles. The molecule has 1 aliphatic heterocycles. The molecule has 1 N–H and O–H groups in total. The Morgan fingerprint density at radius 3 is 2.47 bits per heavy atom. The SMILES string of the molecule is Cc1c(Br)cc(/C=C2\OC(C(C)Cl)NC2=O)cc1Br. The van der Waals surface area contributed by atoms with Gasteiger partial charge < -0.3 is 10.1 Å². The van der Waals surface area contributed by atoms with Crippen LogP contribution in [0.3, 0.4) is 0 Å². The minimum absolute atomic E-state index is 0.245. The van der Waals surface area contributed by atoms with Crippen LogP contribution in [0.1, 0.15) is 18.1 Å². The smallest absolute Gasteiger partial charge is 0.289 e. The Kier molecular flexibility index (Phi) is 4.58. The Bertz CT molecular complexity index is 535. The molecule has 0 aromatic heterocycles. The normalized spacial score (nSPS) is 22.3. The number of benzene rings is 1. The molecular formula is C13H12Br2ClNO2. The summed E-state index contributed by atoms with van der Waals surface area (Å²) in [5, 5.41) is 2.39. The van der Waals surface area contributed by atoms with E-state index in [1.807, 2.05) is 19.1 Å². The first-order chi connectivity index (χ1) is 8.88. The number of carbonyl (C=O) groups is 1. The molecule has 1 aromatic rings. The van der Waals surface area contributed by atoms with E-state index in [1.54, 1.807) is 13.0 Å². The molecule has 1 aliphatic rings. The van der Waals surface area contributed by atoms with Gasteiger partial charge in [-0.2, -0.15) is 0 Å². The van der Waals surface area contributed by atoms with Gasteiger partial charge in [-0.05, 0) is 43.2 Å². The van der Waals surface area contributed by atoms with E-state index < -0.39 is 6.23 Å². The maximum atomic E-state index is 11.7. The van der Waals surface area contributed by atoms with E-state index in [2.05, 4.69) is 37.2 Å². The molecule has 1 amide bonds. The van der Waals surface area contributed by atoms with E-state index >= 15 is 0 Å². The number of alkyl halides is 1. The molecule has 3 nitrogen and oxygen atoms in total. The van der Waals surface area contributed by atoms with Crippen LogP contribution in [0.2, 0.25) is 0 Å². The first kappa shape index (κ1) is 14.9. The van der Waals surface area contributed by atoms with Gasteiger partial charge in [0.2, 0.25) is 0 Å². The van der Waals surface area contributed by atoms with Gasteiger partial charge in [-0.1, -0.05) is 31.9 Å². The first-order valence-corrected chi connectivity index (χ1v) is 7.69. The van der Waals surface area contributed by atoms with Crippen LogP contribution in [0.5, 0.6) is 0 Å². The number of rotatable bonds is 2. The Hall–Kier alpha value is -0.520. The quantitative estimate of drug-likeness (QED) is 0.593. The third kappa shape index (κ3) is 3.33. The third-order valence-electron chi connectivity index (χ3n) is 2.77. The van der Waals surface area contributed by atoms with Crippen molar-refractivity contribution in [1.29, 1.82) is 0 Å². The average molecular weight is 410 g/mol. The van der Waals surface area contributed by atoms with Crippen LogP contribution < -0.4 is 5.32 Å². The monoisotopic (exact) mass is 407 g/mol. The summed E-state index contributed by atoms with van der Waals surface area (Å²) in [5.74, 6) is 0.0328. The van der Waals surface area contributed by atoms with Gasteiger partial charge in [0.25, 0.3) is 5.91 Å². The Morgan fingerprint density at radius 1 is 1.42 bits per heavy atom. The molecular weight excluding hydrogens is 397 g/mol. The molecule has 2 rings (SSSR count). The third-order valence-corrected chi connectivity index (χ3v) is 4.65. The van der Waals surface area contributed by atoms with Crippen LogP contribution in [0.25, 0.3) is 6.08 Å². The molecule has 102 valence electrons. The van der Waals surface area contributed by atoms with Gasteiger partial charge in [0.1, 0.15) is 0 Å². The van der Waals surface area contributed by atoms with Crippen LogP contribution in [0, 0.1) is 6.92 Å². The zero-order chi connectivity index (χ0) is 14.2. The molecule has 0 aliphatic carbocycles. The number of amides is 1. The van der Waals surface area contributed by atoms with Crippen molar-refractivity contribution in [2.75, 3.05) is 0 Å². The van der Waals surface area contributed by atoms with Gasteiger partial charge in [-0.3, -0.25) is 4.79 Å². The number of hydrogen-bond acceptors (Lipinski definition) is 2. The highest BCUT2D eigenvalue weighted by Gasteiger charge is 2.30. The Balaban J connectivity index is 2.30. The van der Waals surface area contributed by atoms with Crippen molar-refractivity contribution in [3.8, 4) is 0 Å². The molecule has 1 heterocycles. The summed E-state index contributed by atoms with van der Waals surface area (Å²) in [6.07, 6.45) is 1.22. The van der Waals surface area contributed by atoms with Gasteiger partial charge in [-0.25, -0.2) is 0 Å². The predicted molar refractivity (Wildman–Crippen MR) is 82.9 cm³/mol. The fourth-order valence-corrected chi connectivity index (χ4v) is 2.96. The highest BCUT2D eigenvalue weighted by molar-refractivity contribution is 9.11. The Morgan fingerprint density at radius 2 is 2.00 bits per heavy atom. The van der Waals surface area contributed by atoms with E-state index in [9.17, 15) is 4.79 Å². The van der Waals surface area contributed by atoms with E-state index in [0.29, 0.717) is 0 Å². The van der Waals surface area contributed by atoms with Crippen molar-refractivity contribution in [3.63, 3.8) is 0 Å². The molecule has 19 heavy (non-hydrogen) atoms. The molecule has 0 radical (unpaired) electrons. The van der Waals surface area contributed by atoms with E-state index in [-0.39, 0.29) is 17.0 Å². The van der Waals surface area contributed by atoms with Crippen LogP contribution in [0.15, 0.2) is 26.8 Å². The first-order valence-electron chi connectivity index (χ1n) is 5.67. The molecule has 6 heteroatoms. The van der Waals surface area contributed by atoms with Gasteiger partial charge in [0, 0.05) is 8.95 Å². The number of hydrogen-bond donors (Lipinski definition) is 1. The van der Waals surface area contributed by atoms with E-state index in [1.165, 1.54) is 0 Å². The maximum Gasteiger partial charge on any atom is 0.289 e. The second kappa shape index (κ2) is 5.85. The second-order valence-electron chi connectivity index (χ2n) is 4.31. The molecule has 1 aromatic carbocycles. The lowest BCUT2D eigenvalue weighted by Crippen LogP contribution is -2.32. The van der Waals surface area contributed by atoms with Crippen molar-refractivity contribution in [2.24, 2.45) is 0 Å². The minimum Gasteiger partial charge on any atom is -0.463 e. The molecule has 2 unspecified atom stereocenters. The highest BCUT2D eigenvalue weighted by atomic mass is 79.9. The summed E-state index contributed by atoms with van der Waals surface area (Å²) in [7, 11) is 0. The number of nitrogens with one attached hydrogen (secondary N) is 1. The fraction of sp³-hybridized carbons (Fsp3) is 0.308. The van der Waals surface area contributed by atoms with E-state index in [4.69, 9.17) is 16.3 Å². The largest absolute Gasteiger partial charge is 0.463 e. The zero-order valence-electron chi connectivity index (χ0n) is 10.3. The van der Waals surface area contributed by atoms with Crippen molar-refractivity contribution in [3.05, 3.63) is 38.0 Å². The van der Waals surface area contributed by atoms with Crippen molar-refractivity contribution in [1.82, 2.24) is 5.32 Å². The van der Waals surface area contributed by atoms with Gasteiger partial charge in [0.05, 0.1) is 5.38 Å². The van der Waals surface area contributed by atoms with Gasteiger partial charge in [-0.15, -0.1) is 11.6 Å². The zero-order valence-corrected chi connectivity index (χ0v) is 14.3. The summed E-state index contributed by atoms with van der Waals surface area (Å²) in [5.41, 5.74) is 1.98. The van der Waals surface area contributed by atoms with E-state index in [0.717, 1.165) is 20.1 Å². The number of carbonyl (C=O) groups excluding carboxylic acids is 1. The van der Waals surface area contributed by atoms with Crippen LogP contribution in [-0.4, -0.2) is 17.5 Å². The standard InChI is InChI=1S/C13H12Br2ClNO2/c1-6-9(14)3-8(4-10(6)15)5-11-12(18)17-13(19-11)7(2)16/h3-5,7,13H,1-2H3,(H,17,18)/b11-5-. The van der Waals surface area contributed by atoms with Crippen LogP contribution in [0.4, 0.5) is 0 Å². The lowest BCUT2D eigenvalue weighted by Gasteiger charge is -2.11. The Labute approximate surface area is 133 Å². The average Bonchev–Trinajstić information content (AvgIpc) is 2.68. The second-order valence-corrected chi connectivity index (χ2v) is 6.70. The van der Waals surface area contributed by atoms with Crippen molar-refractivity contribution < 1.29 is 9.53 Å². The summed E-state index contributed by atoms with van der Waals surface area (Å²) < 4.78 is 7.42. The molecule has 0 bridgehead atoms. The molecule has 0 spiro atoms. The summed E-state index contributed by atoms with van der Waals surface area (Å²) in [4.78, 5) is 11.7. The van der Waals surface area contributed by atoms with Gasteiger partial charge >= 0.3 is 0 Å². The number of halogens is 3. The van der Waals surface area contributed by atoms with Crippen molar-refractivity contribution >= 4 is 55.4 Å². The lowest BCUT2D eigenvalue weighted by molar-refractivity contribution is -0.116. The summed E-state index contributed by atoms with van der Waals surface area (Å²) in [6, 6.07) is 3.86. The summed E-state index contributed by atoms with van der Waals surface area (Å²) >= 11 is 12.9. The predicted octanol–water partition coefficient (Wildman–Crippen LogP) is 3.96. The highest BCUT2D eigenvalue weighted by Crippen LogP contribution is 2.28. The van der Waals surface area contributed by atoms with Crippen molar-refractivity contribution in [2.45, 2.75) is 25.5 Å². The van der Waals surface area contributed by atoms with Crippen LogP contribution in [-0.2, 0) is 9.53 Å². The fourth-order valence-electron chi connectivity index (χ4n) is 1.63. The molecule has 1 saturated heterocycles.